The number of thioether (sulfide) groups is 1. The first-order valence-electron chi connectivity index (χ1n) is 7.71. The molecule has 3 rings (SSSR count). The van der Waals surface area contributed by atoms with E-state index in [1.165, 1.54) is 30.0 Å². The van der Waals surface area contributed by atoms with Gasteiger partial charge in [-0.05, 0) is 31.5 Å². The highest BCUT2D eigenvalue weighted by molar-refractivity contribution is 7.99. The van der Waals surface area contributed by atoms with Gasteiger partial charge in [0.2, 0.25) is 5.91 Å². The van der Waals surface area contributed by atoms with Gasteiger partial charge in [-0.1, -0.05) is 41.3 Å². The minimum Gasteiger partial charge on any atom is -0.301 e. The summed E-state index contributed by atoms with van der Waals surface area (Å²) in [5.74, 6) is 0.0286. The smallest absolute Gasteiger partial charge is 0.236 e. The molecule has 25 heavy (non-hydrogen) atoms. The van der Waals surface area contributed by atoms with Gasteiger partial charge in [-0.3, -0.25) is 9.59 Å². The summed E-state index contributed by atoms with van der Waals surface area (Å²) in [6.07, 6.45) is 0. The second kappa shape index (κ2) is 7.33. The van der Waals surface area contributed by atoms with Gasteiger partial charge in [-0.2, -0.15) is 0 Å². The molecule has 0 fully saturated rings. The van der Waals surface area contributed by atoms with Crippen LogP contribution in [0.25, 0.3) is 10.9 Å². The average molecular weight is 371 g/mol. The molecule has 0 saturated heterocycles. The van der Waals surface area contributed by atoms with Gasteiger partial charge in [0.1, 0.15) is 0 Å². The lowest BCUT2D eigenvalue weighted by molar-refractivity contribution is -0.113. The van der Waals surface area contributed by atoms with Crippen LogP contribution in [0.5, 0.6) is 0 Å². The van der Waals surface area contributed by atoms with Crippen LogP contribution in [0.1, 0.15) is 27.9 Å². The Morgan fingerprint density at radius 1 is 1.20 bits per heavy atom. The number of aryl methyl sites for hydroxylation is 2. The molecule has 0 aliphatic carbocycles. The highest BCUT2D eigenvalue weighted by Crippen LogP contribution is 2.25. The Kier molecular flexibility index (Phi) is 5.15. The molecule has 7 heteroatoms. The average Bonchev–Trinajstić information content (AvgIpc) is 2.93. The molecule has 2 aromatic heterocycles. The van der Waals surface area contributed by atoms with E-state index >= 15 is 0 Å². The molecule has 128 valence electrons. The van der Waals surface area contributed by atoms with Crippen LogP contribution in [-0.2, 0) is 4.79 Å². The van der Waals surface area contributed by atoms with Crippen molar-refractivity contribution in [2.24, 2.45) is 0 Å². The predicted octanol–water partition coefficient (Wildman–Crippen LogP) is 4.24. The number of rotatable bonds is 5. The number of amides is 1. The Labute approximate surface area is 153 Å². The third kappa shape index (κ3) is 4.05. The van der Waals surface area contributed by atoms with Gasteiger partial charge in [0.15, 0.2) is 10.9 Å². The third-order valence-electron chi connectivity index (χ3n) is 3.61. The van der Waals surface area contributed by atoms with Crippen LogP contribution in [-0.4, -0.2) is 27.4 Å². The quantitative estimate of drug-likeness (QED) is 0.536. The molecule has 0 saturated carbocycles. The first-order chi connectivity index (χ1) is 11.9. The third-order valence-corrected chi connectivity index (χ3v) is 5.70. The van der Waals surface area contributed by atoms with Crippen LogP contribution in [0.2, 0.25) is 0 Å². The van der Waals surface area contributed by atoms with Crippen LogP contribution in [0.3, 0.4) is 0 Å². The van der Waals surface area contributed by atoms with E-state index < -0.39 is 0 Å². The molecular formula is C18H17N3O2S2. The number of carbonyl (C=O) groups is 2. The SMILES string of the molecule is CC(=O)c1sc(NC(=O)CSc2cc(C)c3ccccc3n2)nc1C. The lowest BCUT2D eigenvalue weighted by atomic mass is 10.1. The highest BCUT2D eigenvalue weighted by Gasteiger charge is 2.14. The highest BCUT2D eigenvalue weighted by atomic mass is 32.2. The van der Waals surface area contributed by atoms with E-state index in [2.05, 4.69) is 15.3 Å². The fourth-order valence-corrected chi connectivity index (χ4v) is 4.12. The molecule has 0 radical (unpaired) electrons. The Balaban J connectivity index is 1.66. The Hall–Kier alpha value is -2.25. The largest absolute Gasteiger partial charge is 0.301 e. The normalized spacial score (nSPS) is 10.8. The molecule has 5 nitrogen and oxygen atoms in total. The lowest BCUT2D eigenvalue weighted by Gasteiger charge is -2.06. The van der Waals surface area contributed by atoms with E-state index in [4.69, 9.17) is 0 Å². The molecule has 0 aliphatic rings. The van der Waals surface area contributed by atoms with Gasteiger partial charge < -0.3 is 5.32 Å². The standard InChI is InChI=1S/C18H17N3O2S2/c1-10-8-16(20-14-7-5-4-6-13(10)14)24-9-15(23)21-18-19-11(2)17(25-18)12(3)22/h4-8H,9H2,1-3H3,(H,19,21,23). The van der Waals surface area contributed by atoms with E-state index in [1.54, 1.807) is 6.92 Å². The number of benzene rings is 1. The zero-order chi connectivity index (χ0) is 18.0. The number of nitrogens with zero attached hydrogens (tertiary/aromatic N) is 2. The summed E-state index contributed by atoms with van der Waals surface area (Å²) in [5, 5.41) is 5.13. The number of carbonyl (C=O) groups excluding carboxylic acids is 2. The van der Waals surface area contributed by atoms with Crippen molar-refractivity contribution in [2.75, 3.05) is 11.1 Å². The lowest BCUT2D eigenvalue weighted by Crippen LogP contribution is -2.13. The number of anilines is 1. The summed E-state index contributed by atoms with van der Waals surface area (Å²) in [4.78, 5) is 33.0. The summed E-state index contributed by atoms with van der Waals surface area (Å²) in [6.45, 7) is 5.30. The monoisotopic (exact) mass is 371 g/mol. The summed E-state index contributed by atoms with van der Waals surface area (Å²) in [7, 11) is 0. The molecule has 0 unspecified atom stereocenters. The molecule has 1 aromatic carbocycles. The van der Waals surface area contributed by atoms with Crippen molar-refractivity contribution >= 4 is 50.8 Å². The van der Waals surface area contributed by atoms with Crippen LogP contribution < -0.4 is 5.32 Å². The Morgan fingerprint density at radius 3 is 2.68 bits per heavy atom. The molecular weight excluding hydrogens is 354 g/mol. The van der Waals surface area contributed by atoms with Crippen molar-refractivity contribution in [1.29, 1.82) is 0 Å². The van der Waals surface area contributed by atoms with Crippen molar-refractivity contribution in [1.82, 2.24) is 9.97 Å². The fourth-order valence-electron chi connectivity index (χ4n) is 2.46. The number of aromatic nitrogens is 2. The van der Waals surface area contributed by atoms with Gasteiger partial charge in [-0.15, -0.1) is 0 Å². The van der Waals surface area contributed by atoms with Crippen LogP contribution >= 0.6 is 23.1 Å². The molecule has 0 bridgehead atoms. The molecule has 3 aromatic rings. The van der Waals surface area contributed by atoms with E-state index in [9.17, 15) is 9.59 Å². The van der Waals surface area contributed by atoms with E-state index in [0.29, 0.717) is 15.7 Å². The van der Waals surface area contributed by atoms with Crippen molar-refractivity contribution in [2.45, 2.75) is 25.8 Å². The molecule has 1 amide bonds. The molecule has 0 spiro atoms. The van der Waals surface area contributed by atoms with E-state index in [1.807, 2.05) is 37.3 Å². The van der Waals surface area contributed by atoms with Crippen LogP contribution in [0.4, 0.5) is 5.13 Å². The number of hydrogen-bond donors (Lipinski definition) is 1. The number of thiazole rings is 1. The maximum absolute atomic E-state index is 12.1. The predicted molar refractivity (Wildman–Crippen MR) is 103 cm³/mol. The number of nitrogens with one attached hydrogen (secondary N) is 1. The second-order valence-corrected chi connectivity index (χ2v) is 7.62. The van der Waals surface area contributed by atoms with Crippen molar-refractivity contribution < 1.29 is 9.59 Å². The van der Waals surface area contributed by atoms with Crippen LogP contribution in [0, 0.1) is 13.8 Å². The number of ketones is 1. The first-order valence-corrected chi connectivity index (χ1v) is 9.51. The zero-order valence-corrected chi connectivity index (χ0v) is 15.8. The Bertz CT molecular complexity index is 966. The van der Waals surface area contributed by atoms with Crippen LogP contribution in [0.15, 0.2) is 35.4 Å². The molecule has 2 heterocycles. The van der Waals surface area contributed by atoms with Crippen molar-refractivity contribution in [3.05, 3.63) is 46.5 Å². The molecule has 0 aliphatic heterocycles. The number of pyridine rings is 1. The zero-order valence-electron chi connectivity index (χ0n) is 14.1. The van der Waals surface area contributed by atoms with Gasteiger partial charge in [0, 0.05) is 12.3 Å². The summed E-state index contributed by atoms with van der Waals surface area (Å²) >= 11 is 2.59. The second-order valence-electron chi connectivity index (χ2n) is 5.62. The van der Waals surface area contributed by atoms with E-state index in [0.717, 1.165) is 21.5 Å². The van der Waals surface area contributed by atoms with Crippen molar-refractivity contribution in [3.63, 3.8) is 0 Å². The number of hydrogen-bond acceptors (Lipinski definition) is 6. The fraction of sp³-hybridized carbons (Fsp3) is 0.222. The maximum Gasteiger partial charge on any atom is 0.236 e. The Morgan fingerprint density at radius 2 is 1.96 bits per heavy atom. The van der Waals surface area contributed by atoms with E-state index in [-0.39, 0.29) is 17.4 Å². The van der Waals surface area contributed by atoms with Gasteiger partial charge in [-0.25, -0.2) is 9.97 Å². The molecule has 0 atom stereocenters. The number of para-hydroxylation sites is 1. The summed E-state index contributed by atoms with van der Waals surface area (Å²) < 4.78 is 0. The van der Waals surface area contributed by atoms with Gasteiger partial charge >= 0.3 is 0 Å². The topological polar surface area (TPSA) is 72.0 Å². The maximum atomic E-state index is 12.1. The minimum absolute atomic E-state index is 0.0410. The van der Waals surface area contributed by atoms with Gasteiger partial charge in [0.25, 0.3) is 0 Å². The molecule has 1 N–H and O–H groups in total. The van der Waals surface area contributed by atoms with Gasteiger partial charge in [0.05, 0.1) is 26.9 Å². The van der Waals surface area contributed by atoms with Crippen molar-refractivity contribution in [3.8, 4) is 0 Å². The summed E-state index contributed by atoms with van der Waals surface area (Å²) in [5.41, 5.74) is 2.70. The number of fused-ring (bicyclic) bond motifs is 1. The minimum atomic E-state index is -0.165. The summed E-state index contributed by atoms with van der Waals surface area (Å²) in [6, 6.07) is 9.93. The first kappa shape index (κ1) is 17.6. The number of Topliss-reactive ketones (excluding diaryl/α,β-unsaturated/α-hetero) is 1.